The minimum Gasteiger partial charge on any atom is -0.458 e. The van der Waals surface area contributed by atoms with E-state index in [0.717, 1.165) is 61.7 Å². The number of ether oxygens (including phenoxy) is 3. The zero-order valence-corrected chi connectivity index (χ0v) is 19.7. The first-order valence-corrected chi connectivity index (χ1v) is 12.1. The summed E-state index contributed by atoms with van der Waals surface area (Å²) in [4.78, 5) is 23.5. The normalized spacial score (nSPS) is 17.7. The van der Waals surface area contributed by atoms with Gasteiger partial charge in [0, 0.05) is 39.4 Å². The van der Waals surface area contributed by atoms with Gasteiger partial charge in [0.15, 0.2) is 17.4 Å². The van der Waals surface area contributed by atoms with E-state index in [1.807, 2.05) is 20.8 Å². The molecule has 2 aromatic heterocycles. The fourth-order valence-electron chi connectivity index (χ4n) is 4.56. The molecule has 0 amide bonds. The van der Waals surface area contributed by atoms with Crippen molar-refractivity contribution in [1.29, 1.82) is 0 Å². The Hall–Kier alpha value is -2.26. The topological polar surface area (TPSA) is 85.7 Å². The minimum absolute atomic E-state index is 0.201. The van der Waals surface area contributed by atoms with Crippen LogP contribution in [0.4, 0.5) is 11.6 Å². The van der Waals surface area contributed by atoms with E-state index in [2.05, 4.69) is 19.8 Å². The highest BCUT2D eigenvalue weighted by molar-refractivity contribution is 5.93. The van der Waals surface area contributed by atoms with Crippen molar-refractivity contribution < 1.29 is 14.2 Å². The fourth-order valence-corrected chi connectivity index (χ4v) is 4.56. The monoisotopic (exact) mass is 444 g/mol. The molecule has 176 valence electrons. The molecule has 2 aromatic rings. The molecule has 0 aromatic carbocycles. The number of fused-ring (bicyclic) bond motifs is 1. The van der Waals surface area contributed by atoms with Crippen molar-refractivity contribution in [3.8, 4) is 6.01 Å². The number of rotatable bonds is 9. The maximum Gasteiger partial charge on any atom is 0.319 e. The molecule has 2 fully saturated rings. The summed E-state index contributed by atoms with van der Waals surface area (Å²) in [6, 6.07) is 0.316. The van der Waals surface area contributed by atoms with E-state index in [-0.39, 0.29) is 6.61 Å². The van der Waals surface area contributed by atoms with Gasteiger partial charge in [0.1, 0.15) is 24.0 Å². The van der Waals surface area contributed by atoms with Gasteiger partial charge in [0.25, 0.3) is 0 Å². The average Bonchev–Trinajstić information content (AvgIpc) is 2.83. The van der Waals surface area contributed by atoms with E-state index in [1.165, 1.54) is 25.7 Å². The van der Waals surface area contributed by atoms with Gasteiger partial charge in [-0.15, -0.1) is 0 Å². The van der Waals surface area contributed by atoms with E-state index in [4.69, 9.17) is 24.2 Å². The Kier molecular flexibility index (Phi) is 7.57. The number of nitrogens with zero attached hydrogens (tertiary/aromatic N) is 6. The third kappa shape index (κ3) is 5.20. The van der Waals surface area contributed by atoms with Gasteiger partial charge < -0.3 is 24.0 Å². The van der Waals surface area contributed by atoms with E-state index in [0.29, 0.717) is 19.2 Å². The van der Waals surface area contributed by atoms with Gasteiger partial charge in [-0.25, -0.2) is 9.97 Å². The van der Waals surface area contributed by atoms with Crippen molar-refractivity contribution in [1.82, 2.24) is 19.9 Å². The number of piperidine rings is 2. The molecule has 0 saturated carbocycles. The molecule has 0 atom stereocenters. The Morgan fingerprint density at radius 2 is 1.38 bits per heavy atom. The average molecular weight is 445 g/mol. The fraction of sp³-hybridized carbons (Fsp3) is 0.739. The van der Waals surface area contributed by atoms with Gasteiger partial charge in [0.2, 0.25) is 0 Å². The Labute approximate surface area is 190 Å². The molecule has 9 nitrogen and oxygen atoms in total. The zero-order chi connectivity index (χ0) is 22.4. The summed E-state index contributed by atoms with van der Waals surface area (Å²) in [5.74, 6) is 0.855. The minimum atomic E-state index is -0.851. The van der Waals surface area contributed by atoms with Crippen LogP contribution in [0.2, 0.25) is 0 Å². The highest BCUT2D eigenvalue weighted by atomic mass is 16.7. The van der Waals surface area contributed by atoms with Crippen LogP contribution in [0.25, 0.3) is 11.0 Å². The first-order valence-electron chi connectivity index (χ1n) is 12.1. The molecule has 4 rings (SSSR count). The zero-order valence-electron chi connectivity index (χ0n) is 19.7. The third-order valence-corrected chi connectivity index (χ3v) is 6.10. The van der Waals surface area contributed by atoms with Gasteiger partial charge in [-0.05, 0) is 59.3 Å². The molecule has 0 aliphatic carbocycles. The molecule has 9 heteroatoms. The third-order valence-electron chi connectivity index (χ3n) is 6.10. The Bertz CT molecular complexity index is 877. The summed E-state index contributed by atoms with van der Waals surface area (Å²) in [5, 5.41) is 0. The van der Waals surface area contributed by atoms with Crippen molar-refractivity contribution in [2.24, 2.45) is 0 Å². The molecule has 2 saturated heterocycles. The number of aromatic nitrogens is 4. The number of hydrogen-bond donors (Lipinski definition) is 0. The van der Waals surface area contributed by atoms with Crippen molar-refractivity contribution in [2.75, 3.05) is 55.8 Å². The van der Waals surface area contributed by atoms with Crippen molar-refractivity contribution in [3.05, 3.63) is 6.33 Å². The van der Waals surface area contributed by atoms with Gasteiger partial charge in [-0.2, -0.15) is 9.97 Å². The molecule has 0 bridgehead atoms. The molecule has 2 aliphatic heterocycles. The SMILES string of the molecule is CCOC(C)(COc1nc(N2CCCCC2)c2ncnc(N3CCCCC3)c2n1)OCC. The molecule has 0 N–H and O–H groups in total. The lowest BCUT2D eigenvalue weighted by molar-refractivity contribution is -0.235. The summed E-state index contributed by atoms with van der Waals surface area (Å²) in [5.41, 5.74) is 1.56. The molecular weight excluding hydrogens is 408 g/mol. The van der Waals surface area contributed by atoms with Gasteiger partial charge in [0.05, 0.1) is 0 Å². The van der Waals surface area contributed by atoms with Crippen molar-refractivity contribution >= 4 is 22.7 Å². The van der Waals surface area contributed by atoms with Gasteiger partial charge in [-0.3, -0.25) is 0 Å². The summed E-state index contributed by atoms with van der Waals surface area (Å²) in [6.45, 7) is 10.9. The second-order valence-corrected chi connectivity index (χ2v) is 8.61. The van der Waals surface area contributed by atoms with E-state index in [9.17, 15) is 0 Å². The maximum atomic E-state index is 6.09. The Morgan fingerprint density at radius 1 is 0.781 bits per heavy atom. The van der Waals surface area contributed by atoms with E-state index < -0.39 is 5.79 Å². The van der Waals surface area contributed by atoms with Crippen LogP contribution in [0, 0.1) is 0 Å². The van der Waals surface area contributed by atoms with Crippen molar-refractivity contribution in [3.63, 3.8) is 0 Å². The van der Waals surface area contributed by atoms with E-state index >= 15 is 0 Å². The first kappa shape index (κ1) is 22.9. The highest BCUT2D eigenvalue weighted by Gasteiger charge is 2.28. The molecule has 0 unspecified atom stereocenters. The number of hydrogen-bond acceptors (Lipinski definition) is 9. The summed E-state index contributed by atoms with van der Waals surface area (Å²) in [7, 11) is 0. The molecular formula is C23H36N6O3. The predicted molar refractivity (Wildman–Crippen MR) is 124 cm³/mol. The Balaban J connectivity index is 1.71. The van der Waals surface area contributed by atoms with Crippen molar-refractivity contribution in [2.45, 2.75) is 65.1 Å². The van der Waals surface area contributed by atoms with Crippen LogP contribution < -0.4 is 14.5 Å². The van der Waals surface area contributed by atoms with Crippen LogP contribution in [0.3, 0.4) is 0 Å². The highest BCUT2D eigenvalue weighted by Crippen LogP contribution is 2.32. The van der Waals surface area contributed by atoms with Gasteiger partial charge in [-0.1, -0.05) is 0 Å². The number of anilines is 2. The van der Waals surface area contributed by atoms with Gasteiger partial charge >= 0.3 is 6.01 Å². The van der Waals surface area contributed by atoms with Crippen LogP contribution in [-0.4, -0.2) is 71.7 Å². The van der Waals surface area contributed by atoms with Crippen LogP contribution in [0.1, 0.15) is 59.3 Å². The summed E-state index contributed by atoms with van der Waals surface area (Å²) >= 11 is 0. The largest absolute Gasteiger partial charge is 0.458 e. The molecule has 0 spiro atoms. The van der Waals surface area contributed by atoms with E-state index in [1.54, 1.807) is 6.33 Å². The molecule has 32 heavy (non-hydrogen) atoms. The smallest absolute Gasteiger partial charge is 0.319 e. The second kappa shape index (κ2) is 10.6. The maximum absolute atomic E-state index is 6.09. The Morgan fingerprint density at radius 3 is 1.97 bits per heavy atom. The van der Waals surface area contributed by atoms with Crippen LogP contribution >= 0.6 is 0 Å². The standard InChI is InChI=1S/C23H36N6O3/c1-4-31-23(3,32-5-2)16-30-22-26-19-18(21(27-22)29-14-10-7-11-15-29)24-17-25-20(19)28-12-8-6-9-13-28/h17H,4-16H2,1-3H3. The quantitative estimate of drug-likeness (QED) is 0.539. The lowest BCUT2D eigenvalue weighted by Crippen LogP contribution is -2.39. The molecule has 4 heterocycles. The first-order chi connectivity index (χ1) is 15.6. The van der Waals surface area contributed by atoms with Crippen LogP contribution in [-0.2, 0) is 9.47 Å². The van der Waals surface area contributed by atoms with Crippen LogP contribution in [0.5, 0.6) is 6.01 Å². The molecule has 0 radical (unpaired) electrons. The summed E-state index contributed by atoms with van der Waals surface area (Å²) < 4.78 is 17.7. The summed E-state index contributed by atoms with van der Waals surface area (Å²) in [6.07, 6.45) is 8.79. The lowest BCUT2D eigenvalue weighted by atomic mass is 10.1. The molecule has 2 aliphatic rings. The van der Waals surface area contributed by atoms with Crippen LogP contribution in [0.15, 0.2) is 6.33 Å². The lowest BCUT2D eigenvalue weighted by Gasteiger charge is -2.31. The second-order valence-electron chi connectivity index (χ2n) is 8.61. The predicted octanol–water partition coefficient (Wildman–Crippen LogP) is 3.57.